The molecule has 0 amide bonds. The van der Waals surface area contributed by atoms with Crippen molar-refractivity contribution in [1.29, 1.82) is 0 Å². The lowest BCUT2D eigenvalue weighted by molar-refractivity contribution is -0.116. The van der Waals surface area contributed by atoms with Crippen molar-refractivity contribution >= 4 is 14.6 Å². The van der Waals surface area contributed by atoms with Crippen LogP contribution in [0.4, 0.5) is 0 Å². The molecular formula is C21H34O3Si. The molecule has 1 aromatic carbocycles. The third-order valence-electron chi connectivity index (χ3n) is 5.84. The molecule has 1 fully saturated rings. The summed E-state index contributed by atoms with van der Waals surface area (Å²) in [5.41, 5.74) is 1.21. The first kappa shape index (κ1) is 20.3. The standard InChI is InChI=1S/C21H34O3Si/c1-21(2,3)25(4,5)24-20-13-18(11-12-19(20)14-22)16-23-15-17-9-7-6-8-10-17/h6-10,14,18-20H,11-13,15-16H2,1-5H3/t18-,19+,20+/m0/s1. The molecule has 25 heavy (non-hydrogen) atoms. The third kappa shape index (κ3) is 5.76. The van der Waals surface area contributed by atoms with E-state index < -0.39 is 8.32 Å². The van der Waals surface area contributed by atoms with Crippen LogP contribution >= 0.6 is 0 Å². The van der Waals surface area contributed by atoms with Crippen LogP contribution in [0.25, 0.3) is 0 Å². The zero-order valence-corrected chi connectivity index (χ0v) is 17.5. The SMILES string of the molecule is CC(C)(C)[Si](C)(C)O[C@@H]1C[C@@H](COCc2ccccc2)CC[C@@H]1C=O. The van der Waals surface area contributed by atoms with E-state index in [9.17, 15) is 4.79 Å². The van der Waals surface area contributed by atoms with E-state index in [1.54, 1.807) is 0 Å². The van der Waals surface area contributed by atoms with Gasteiger partial charge in [-0.1, -0.05) is 51.1 Å². The highest BCUT2D eigenvalue weighted by Crippen LogP contribution is 2.41. The Labute approximate surface area is 154 Å². The molecule has 1 aliphatic rings. The van der Waals surface area contributed by atoms with Gasteiger partial charge in [-0.3, -0.25) is 0 Å². The highest BCUT2D eigenvalue weighted by Gasteiger charge is 2.42. The maximum atomic E-state index is 11.5. The fourth-order valence-electron chi connectivity index (χ4n) is 3.15. The number of benzene rings is 1. The van der Waals surface area contributed by atoms with E-state index in [1.807, 2.05) is 18.2 Å². The Morgan fingerprint density at radius 2 is 1.84 bits per heavy atom. The molecule has 140 valence electrons. The van der Waals surface area contributed by atoms with E-state index in [4.69, 9.17) is 9.16 Å². The number of hydrogen-bond donors (Lipinski definition) is 0. The molecule has 1 aromatic rings. The molecule has 0 saturated heterocycles. The van der Waals surface area contributed by atoms with Crippen molar-refractivity contribution in [2.75, 3.05) is 6.61 Å². The lowest BCUT2D eigenvalue weighted by Gasteiger charge is -2.43. The van der Waals surface area contributed by atoms with Gasteiger partial charge in [-0.05, 0) is 48.9 Å². The lowest BCUT2D eigenvalue weighted by Crippen LogP contribution is -2.48. The Morgan fingerprint density at radius 3 is 2.44 bits per heavy atom. The molecule has 0 N–H and O–H groups in total. The Kier molecular flexibility index (Phi) is 7.00. The zero-order chi connectivity index (χ0) is 18.5. The van der Waals surface area contributed by atoms with E-state index in [1.165, 1.54) is 5.56 Å². The molecule has 1 saturated carbocycles. The Balaban J connectivity index is 1.89. The van der Waals surface area contributed by atoms with Gasteiger partial charge < -0.3 is 14.0 Å². The number of carbonyl (C=O) groups excluding carboxylic acids is 1. The maximum absolute atomic E-state index is 11.5. The number of hydrogen-bond acceptors (Lipinski definition) is 3. The topological polar surface area (TPSA) is 35.5 Å². The molecule has 3 nitrogen and oxygen atoms in total. The molecule has 4 heteroatoms. The van der Waals surface area contributed by atoms with Crippen LogP contribution in [0.5, 0.6) is 0 Å². The van der Waals surface area contributed by atoms with Gasteiger partial charge in [0.2, 0.25) is 0 Å². The van der Waals surface area contributed by atoms with Gasteiger partial charge in [0, 0.05) is 12.5 Å². The summed E-state index contributed by atoms with van der Waals surface area (Å²) in [6.45, 7) is 12.7. The largest absolute Gasteiger partial charge is 0.413 e. The summed E-state index contributed by atoms with van der Waals surface area (Å²) in [6.07, 6.45) is 4.07. The minimum Gasteiger partial charge on any atom is -0.413 e. The van der Waals surface area contributed by atoms with Crippen LogP contribution in [-0.4, -0.2) is 27.3 Å². The lowest BCUT2D eigenvalue weighted by atomic mass is 9.81. The van der Waals surface area contributed by atoms with E-state index in [2.05, 4.69) is 46.0 Å². The van der Waals surface area contributed by atoms with Crippen LogP contribution < -0.4 is 0 Å². The van der Waals surface area contributed by atoms with E-state index in [0.717, 1.165) is 32.2 Å². The average molecular weight is 363 g/mol. The first-order valence-corrected chi connectivity index (χ1v) is 12.4. The van der Waals surface area contributed by atoms with Gasteiger partial charge >= 0.3 is 0 Å². The van der Waals surface area contributed by atoms with Crippen molar-refractivity contribution in [2.24, 2.45) is 11.8 Å². The van der Waals surface area contributed by atoms with Crippen LogP contribution in [0.2, 0.25) is 18.1 Å². The summed E-state index contributed by atoms with van der Waals surface area (Å²) in [6, 6.07) is 10.3. The second-order valence-electron chi connectivity index (χ2n) is 8.90. The second kappa shape index (κ2) is 8.61. The van der Waals surface area contributed by atoms with Crippen LogP contribution in [0, 0.1) is 11.8 Å². The molecule has 0 heterocycles. The summed E-state index contributed by atoms with van der Waals surface area (Å²) in [4.78, 5) is 11.5. The zero-order valence-electron chi connectivity index (χ0n) is 16.5. The summed E-state index contributed by atoms with van der Waals surface area (Å²) < 4.78 is 12.5. The van der Waals surface area contributed by atoms with Crippen molar-refractivity contribution in [3.8, 4) is 0 Å². The minimum absolute atomic E-state index is 0.0412. The number of aldehydes is 1. The minimum atomic E-state index is -1.86. The van der Waals surface area contributed by atoms with Crippen molar-refractivity contribution in [3.05, 3.63) is 35.9 Å². The summed E-state index contributed by atoms with van der Waals surface area (Å²) in [7, 11) is -1.86. The molecule has 0 spiro atoms. The molecule has 0 aromatic heterocycles. The van der Waals surface area contributed by atoms with E-state index in [0.29, 0.717) is 12.5 Å². The monoisotopic (exact) mass is 362 g/mol. The van der Waals surface area contributed by atoms with E-state index >= 15 is 0 Å². The highest BCUT2D eigenvalue weighted by molar-refractivity contribution is 6.74. The van der Waals surface area contributed by atoms with Gasteiger partial charge in [0.25, 0.3) is 0 Å². The predicted octanol–water partition coefficient (Wildman–Crippen LogP) is 5.21. The number of rotatable bonds is 7. The Morgan fingerprint density at radius 1 is 1.16 bits per heavy atom. The normalized spacial score (nSPS) is 24.9. The molecule has 0 radical (unpaired) electrons. The highest BCUT2D eigenvalue weighted by atomic mass is 28.4. The molecule has 0 unspecified atom stereocenters. The molecule has 2 rings (SSSR count). The first-order valence-electron chi connectivity index (χ1n) is 9.48. The Bertz CT molecular complexity index is 536. The Hall–Kier alpha value is -0.973. The van der Waals surface area contributed by atoms with Crippen molar-refractivity contribution in [1.82, 2.24) is 0 Å². The van der Waals surface area contributed by atoms with Crippen molar-refractivity contribution in [2.45, 2.75) is 70.9 Å². The third-order valence-corrected chi connectivity index (χ3v) is 10.3. The molecule has 0 bridgehead atoms. The fourth-order valence-corrected chi connectivity index (χ4v) is 4.53. The van der Waals surface area contributed by atoms with Crippen molar-refractivity contribution < 1.29 is 14.0 Å². The quantitative estimate of drug-likeness (QED) is 0.493. The number of carbonyl (C=O) groups is 1. The summed E-state index contributed by atoms with van der Waals surface area (Å²) >= 11 is 0. The summed E-state index contributed by atoms with van der Waals surface area (Å²) in [5, 5.41) is 0.164. The maximum Gasteiger partial charge on any atom is 0.192 e. The van der Waals surface area contributed by atoms with Crippen LogP contribution in [0.1, 0.15) is 45.6 Å². The van der Waals surface area contributed by atoms with Gasteiger partial charge in [-0.15, -0.1) is 0 Å². The van der Waals surface area contributed by atoms with Gasteiger partial charge in [0.05, 0.1) is 12.7 Å². The van der Waals surface area contributed by atoms with Crippen LogP contribution in [0.3, 0.4) is 0 Å². The first-order chi connectivity index (χ1) is 11.7. The summed E-state index contributed by atoms with van der Waals surface area (Å²) in [5.74, 6) is 0.522. The molecule has 3 atom stereocenters. The van der Waals surface area contributed by atoms with Gasteiger partial charge in [0.1, 0.15) is 6.29 Å². The van der Waals surface area contributed by atoms with Crippen LogP contribution in [0.15, 0.2) is 30.3 Å². The molecule has 0 aliphatic heterocycles. The fraction of sp³-hybridized carbons (Fsp3) is 0.667. The molecular weight excluding hydrogens is 328 g/mol. The predicted molar refractivity (Wildman–Crippen MR) is 105 cm³/mol. The molecule has 1 aliphatic carbocycles. The van der Waals surface area contributed by atoms with Gasteiger partial charge in [-0.25, -0.2) is 0 Å². The van der Waals surface area contributed by atoms with Crippen LogP contribution in [-0.2, 0) is 20.6 Å². The van der Waals surface area contributed by atoms with Gasteiger partial charge in [0.15, 0.2) is 8.32 Å². The van der Waals surface area contributed by atoms with Crippen molar-refractivity contribution in [3.63, 3.8) is 0 Å². The smallest absolute Gasteiger partial charge is 0.192 e. The number of ether oxygens (including phenoxy) is 1. The van der Waals surface area contributed by atoms with E-state index in [-0.39, 0.29) is 17.1 Å². The van der Waals surface area contributed by atoms with Gasteiger partial charge in [-0.2, -0.15) is 0 Å². The average Bonchev–Trinajstić information content (AvgIpc) is 2.55. The second-order valence-corrected chi connectivity index (χ2v) is 13.7.